The van der Waals surface area contributed by atoms with Crippen LogP contribution in [-0.4, -0.2) is 45.6 Å². The Morgan fingerprint density at radius 3 is 2.77 bits per heavy atom. The number of fused-ring (bicyclic) bond motifs is 2. The molecule has 0 spiro atoms. The summed E-state index contributed by atoms with van der Waals surface area (Å²) in [5.41, 5.74) is 1.98. The minimum atomic E-state index is -0.381. The van der Waals surface area contributed by atoms with Crippen LogP contribution in [-0.2, 0) is 0 Å². The van der Waals surface area contributed by atoms with E-state index < -0.39 is 0 Å². The highest BCUT2D eigenvalue weighted by Gasteiger charge is 2.37. The molecule has 1 saturated heterocycles. The van der Waals surface area contributed by atoms with Crippen LogP contribution in [0.25, 0.3) is 10.2 Å². The van der Waals surface area contributed by atoms with Crippen molar-refractivity contribution in [2.24, 2.45) is 0 Å². The molecule has 30 heavy (non-hydrogen) atoms. The Balaban J connectivity index is 1.45. The molecule has 0 N–H and O–H groups in total. The molecule has 7 heteroatoms. The maximum atomic E-state index is 13.3. The molecule has 3 amide bonds. The first-order valence-electron chi connectivity index (χ1n) is 9.86. The smallest absolute Gasteiger partial charge is 0.261 e. The van der Waals surface area contributed by atoms with Crippen molar-refractivity contribution in [1.82, 2.24) is 14.8 Å². The molecule has 0 aliphatic carbocycles. The number of carbonyl (C=O) groups excluding carboxylic acids is 3. The van der Waals surface area contributed by atoms with Gasteiger partial charge in [-0.2, -0.15) is 0 Å². The zero-order chi connectivity index (χ0) is 20.8. The fourth-order valence-corrected chi connectivity index (χ4v) is 5.30. The zero-order valence-corrected chi connectivity index (χ0v) is 17.0. The quantitative estimate of drug-likeness (QED) is 0.474. The number of likely N-dealkylation sites (tertiary alicyclic amines) is 1. The molecule has 1 atom stereocenters. The average Bonchev–Trinajstić information content (AvgIpc) is 3.46. The number of benzene rings is 2. The number of amides is 3. The van der Waals surface area contributed by atoms with Crippen molar-refractivity contribution >= 4 is 39.3 Å². The van der Waals surface area contributed by atoms with E-state index in [9.17, 15) is 14.4 Å². The van der Waals surface area contributed by atoms with Crippen molar-refractivity contribution < 1.29 is 14.4 Å². The van der Waals surface area contributed by atoms with Gasteiger partial charge in [0.2, 0.25) is 0 Å². The van der Waals surface area contributed by atoms with Gasteiger partial charge in [0, 0.05) is 18.7 Å². The van der Waals surface area contributed by atoms with Crippen molar-refractivity contribution in [1.29, 1.82) is 0 Å². The van der Waals surface area contributed by atoms with Gasteiger partial charge < -0.3 is 4.90 Å². The Bertz CT molecular complexity index is 1180. The van der Waals surface area contributed by atoms with Gasteiger partial charge in [-0.25, -0.2) is 4.98 Å². The molecular weight excluding hydrogens is 398 g/mol. The number of rotatable bonds is 4. The molecule has 5 rings (SSSR count). The van der Waals surface area contributed by atoms with Crippen LogP contribution >= 0.6 is 11.3 Å². The van der Waals surface area contributed by atoms with E-state index in [4.69, 9.17) is 4.98 Å². The molecule has 1 fully saturated rings. The first kappa shape index (κ1) is 18.7. The van der Waals surface area contributed by atoms with Crippen molar-refractivity contribution in [2.75, 3.05) is 13.1 Å². The molecule has 0 saturated carbocycles. The van der Waals surface area contributed by atoms with Crippen molar-refractivity contribution in [3.05, 3.63) is 76.8 Å². The van der Waals surface area contributed by atoms with E-state index >= 15 is 0 Å². The number of imide groups is 1. The number of aromatic nitrogens is 1. The maximum Gasteiger partial charge on any atom is 0.261 e. The molecule has 3 aromatic rings. The summed E-state index contributed by atoms with van der Waals surface area (Å²) in [4.78, 5) is 46.1. The number of nitrogens with zero attached hydrogens (tertiary/aromatic N) is 3. The van der Waals surface area contributed by atoms with E-state index in [1.54, 1.807) is 29.5 Å². The molecule has 3 heterocycles. The molecule has 1 aromatic heterocycles. The van der Waals surface area contributed by atoms with Crippen molar-refractivity contribution in [3.8, 4) is 0 Å². The fraction of sp³-hybridized carbons (Fsp3) is 0.217. The van der Waals surface area contributed by atoms with Crippen LogP contribution in [0.15, 0.2) is 55.1 Å². The summed E-state index contributed by atoms with van der Waals surface area (Å²) >= 11 is 1.62. The van der Waals surface area contributed by atoms with Crippen molar-refractivity contribution in [3.63, 3.8) is 0 Å². The summed E-state index contributed by atoms with van der Waals surface area (Å²) in [6, 6.07) is 12.7. The normalized spacial score (nSPS) is 18.3. The van der Waals surface area contributed by atoms with Gasteiger partial charge in [-0.05, 0) is 43.2 Å². The molecule has 2 aliphatic heterocycles. The molecule has 150 valence electrons. The molecule has 6 nitrogen and oxygen atoms in total. The average molecular weight is 417 g/mol. The Morgan fingerprint density at radius 1 is 1.17 bits per heavy atom. The Kier molecular flexibility index (Phi) is 4.47. The topological polar surface area (TPSA) is 70.6 Å². The summed E-state index contributed by atoms with van der Waals surface area (Å²) in [5.74, 6) is -0.863. The SMILES string of the molecule is C=CCN1C(=O)c2ccc(C(=O)N3CCC[C@@H]3c3nc4ccccc4s3)cc2C1=O. The van der Waals surface area contributed by atoms with E-state index in [2.05, 4.69) is 6.58 Å². The van der Waals surface area contributed by atoms with Crippen LogP contribution in [0.2, 0.25) is 0 Å². The largest absolute Gasteiger partial charge is 0.329 e. The van der Waals surface area contributed by atoms with Crippen LogP contribution in [0.3, 0.4) is 0 Å². The highest BCUT2D eigenvalue weighted by molar-refractivity contribution is 7.18. The van der Waals surface area contributed by atoms with E-state index in [1.807, 2.05) is 29.2 Å². The van der Waals surface area contributed by atoms with Gasteiger partial charge >= 0.3 is 0 Å². The summed E-state index contributed by atoms with van der Waals surface area (Å²) in [6.07, 6.45) is 3.28. The van der Waals surface area contributed by atoms with E-state index in [0.717, 1.165) is 33.0 Å². The second-order valence-electron chi connectivity index (χ2n) is 7.45. The molecular formula is C23H19N3O3S. The lowest BCUT2D eigenvalue weighted by atomic mass is 10.0. The minimum Gasteiger partial charge on any atom is -0.329 e. The number of carbonyl (C=O) groups is 3. The van der Waals surface area contributed by atoms with Crippen molar-refractivity contribution in [2.45, 2.75) is 18.9 Å². The predicted octanol–water partition coefficient (Wildman–Crippen LogP) is 4.06. The number of hydrogen-bond acceptors (Lipinski definition) is 5. The Labute approximate surface area is 177 Å². The lowest BCUT2D eigenvalue weighted by Crippen LogP contribution is -2.30. The third kappa shape index (κ3) is 2.85. The van der Waals surface area contributed by atoms with Gasteiger partial charge in [0.05, 0.1) is 27.4 Å². The van der Waals surface area contributed by atoms with Gasteiger partial charge in [0.25, 0.3) is 17.7 Å². The van der Waals surface area contributed by atoms with E-state index in [1.165, 1.54) is 6.08 Å². The molecule has 0 bridgehead atoms. The van der Waals surface area contributed by atoms with Gasteiger partial charge in [-0.3, -0.25) is 19.3 Å². The van der Waals surface area contributed by atoms with Crippen LogP contribution < -0.4 is 0 Å². The third-order valence-electron chi connectivity index (χ3n) is 5.64. The Morgan fingerprint density at radius 2 is 1.97 bits per heavy atom. The van der Waals surface area contributed by atoms with Gasteiger partial charge in [-0.15, -0.1) is 17.9 Å². The van der Waals surface area contributed by atoms with Gasteiger partial charge in [-0.1, -0.05) is 18.2 Å². The van der Waals surface area contributed by atoms with Gasteiger partial charge in [0.15, 0.2) is 0 Å². The zero-order valence-electron chi connectivity index (χ0n) is 16.2. The molecule has 0 radical (unpaired) electrons. The van der Waals surface area contributed by atoms with Crippen LogP contribution in [0.1, 0.15) is 55.0 Å². The first-order chi connectivity index (χ1) is 14.6. The van der Waals surface area contributed by atoms with Crippen LogP contribution in [0, 0.1) is 0 Å². The highest BCUT2D eigenvalue weighted by Crippen LogP contribution is 2.37. The first-order valence-corrected chi connectivity index (χ1v) is 10.7. The fourth-order valence-electron chi connectivity index (χ4n) is 4.18. The highest BCUT2D eigenvalue weighted by atomic mass is 32.1. The molecule has 0 unspecified atom stereocenters. The summed E-state index contributed by atoms with van der Waals surface area (Å²) in [5, 5.41) is 0.937. The maximum absolute atomic E-state index is 13.3. The summed E-state index contributed by atoms with van der Waals surface area (Å²) in [7, 11) is 0. The lowest BCUT2D eigenvalue weighted by Gasteiger charge is -2.23. The summed E-state index contributed by atoms with van der Waals surface area (Å²) in [6.45, 7) is 4.39. The Hall–Kier alpha value is -3.32. The standard InChI is InChI=1S/C23H19N3O3S/c1-2-11-26-22(28)15-10-9-14(13-16(15)23(26)29)21(27)25-12-5-7-18(25)20-24-17-6-3-4-8-19(17)30-20/h2-4,6,8-10,13,18H,1,5,7,11-12H2/t18-/m1/s1. The van der Waals surface area contributed by atoms with E-state index in [-0.39, 0.29) is 35.9 Å². The monoisotopic (exact) mass is 417 g/mol. The second kappa shape index (κ2) is 7.18. The summed E-state index contributed by atoms with van der Waals surface area (Å²) < 4.78 is 1.11. The van der Waals surface area contributed by atoms with Gasteiger partial charge in [0.1, 0.15) is 5.01 Å². The van der Waals surface area contributed by atoms with Crippen LogP contribution in [0.4, 0.5) is 0 Å². The predicted molar refractivity (Wildman–Crippen MR) is 115 cm³/mol. The molecule has 2 aromatic carbocycles. The minimum absolute atomic E-state index is 0.0715. The number of hydrogen-bond donors (Lipinski definition) is 0. The lowest BCUT2D eigenvalue weighted by molar-refractivity contribution is 0.0671. The number of para-hydroxylation sites is 1. The van der Waals surface area contributed by atoms with Crippen LogP contribution in [0.5, 0.6) is 0 Å². The third-order valence-corrected chi connectivity index (χ3v) is 6.78. The van der Waals surface area contributed by atoms with E-state index in [0.29, 0.717) is 17.7 Å². The second-order valence-corrected chi connectivity index (χ2v) is 8.51. The number of thiazole rings is 1. The molecule has 2 aliphatic rings.